The molecule has 0 aliphatic rings. The highest BCUT2D eigenvalue weighted by Crippen LogP contribution is 2.29. The number of carbonyl (C=O) groups excluding carboxylic acids is 1. The van der Waals surface area contributed by atoms with Crippen LogP contribution in [0.15, 0.2) is 48.5 Å². The Hall–Kier alpha value is -1.71. The molecule has 0 saturated heterocycles. The summed E-state index contributed by atoms with van der Waals surface area (Å²) in [6, 6.07) is 13.8. The lowest BCUT2D eigenvalue weighted by atomic mass is 10.3. The van der Waals surface area contributed by atoms with Gasteiger partial charge in [-0.15, -0.1) is 5.06 Å². The fourth-order valence-corrected chi connectivity index (χ4v) is 1.95. The van der Waals surface area contributed by atoms with E-state index in [1.165, 1.54) is 12.0 Å². The number of anilines is 1. The molecular formula is C14H11Cl2NO2. The van der Waals surface area contributed by atoms with Crippen LogP contribution in [0.3, 0.4) is 0 Å². The molecule has 0 fully saturated rings. The minimum atomic E-state index is -0.253. The minimum absolute atomic E-state index is 0.253. The SMILES string of the molecule is CC(=O)N(Oc1ccc(Cl)cc1Cl)c1ccccc1. The lowest BCUT2D eigenvalue weighted by Crippen LogP contribution is -2.32. The molecule has 2 rings (SSSR count). The van der Waals surface area contributed by atoms with E-state index in [1.807, 2.05) is 18.2 Å². The van der Waals surface area contributed by atoms with Crippen LogP contribution in [0.25, 0.3) is 0 Å². The molecule has 0 N–H and O–H groups in total. The van der Waals surface area contributed by atoms with E-state index in [0.29, 0.717) is 21.5 Å². The van der Waals surface area contributed by atoms with Crippen LogP contribution in [0.4, 0.5) is 5.69 Å². The van der Waals surface area contributed by atoms with E-state index >= 15 is 0 Å². The summed E-state index contributed by atoms with van der Waals surface area (Å²) >= 11 is 11.8. The molecule has 98 valence electrons. The molecule has 2 aromatic carbocycles. The van der Waals surface area contributed by atoms with Crippen LogP contribution in [0.2, 0.25) is 10.0 Å². The van der Waals surface area contributed by atoms with E-state index < -0.39 is 0 Å². The lowest BCUT2D eigenvalue weighted by molar-refractivity contribution is -0.120. The first kappa shape index (κ1) is 13.7. The van der Waals surface area contributed by atoms with Gasteiger partial charge in [-0.2, -0.15) is 0 Å². The number of halogens is 2. The molecule has 0 aliphatic carbocycles. The van der Waals surface area contributed by atoms with Crippen molar-refractivity contribution < 1.29 is 9.63 Å². The predicted octanol–water partition coefficient (Wildman–Crippen LogP) is 4.34. The largest absolute Gasteiger partial charge is 0.370 e. The summed E-state index contributed by atoms with van der Waals surface area (Å²) < 4.78 is 0. The second-order valence-corrected chi connectivity index (χ2v) is 4.66. The fraction of sp³-hybridized carbons (Fsp3) is 0.0714. The minimum Gasteiger partial charge on any atom is -0.370 e. The quantitative estimate of drug-likeness (QED) is 0.788. The van der Waals surface area contributed by atoms with Crippen LogP contribution in [0.1, 0.15) is 6.92 Å². The molecule has 1 amide bonds. The standard InChI is InChI=1S/C14H11Cl2NO2/c1-10(18)17(12-5-3-2-4-6-12)19-14-8-7-11(15)9-13(14)16/h2-9H,1H3. The molecule has 0 aromatic heterocycles. The average molecular weight is 296 g/mol. The van der Waals surface area contributed by atoms with Gasteiger partial charge in [0.25, 0.3) is 5.91 Å². The van der Waals surface area contributed by atoms with Gasteiger partial charge in [0.1, 0.15) is 0 Å². The first-order chi connectivity index (χ1) is 9.08. The summed E-state index contributed by atoms with van der Waals surface area (Å²) in [5, 5.41) is 2.02. The number of carbonyl (C=O) groups is 1. The Morgan fingerprint density at radius 1 is 1.11 bits per heavy atom. The van der Waals surface area contributed by atoms with Crippen LogP contribution in [0, 0.1) is 0 Å². The Kier molecular flexibility index (Phi) is 4.30. The maximum atomic E-state index is 11.7. The van der Waals surface area contributed by atoms with Crippen molar-refractivity contribution in [1.29, 1.82) is 0 Å². The van der Waals surface area contributed by atoms with Crippen LogP contribution < -0.4 is 9.90 Å². The number of hydrogen-bond acceptors (Lipinski definition) is 2. The molecule has 0 unspecified atom stereocenters. The van der Waals surface area contributed by atoms with Gasteiger partial charge in [-0.1, -0.05) is 41.4 Å². The maximum absolute atomic E-state index is 11.7. The van der Waals surface area contributed by atoms with Crippen molar-refractivity contribution in [3.63, 3.8) is 0 Å². The molecule has 5 heteroatoms. The molecule has 3 nitrogen and oxygen atoms in total. The molecule has 0 spiro atoms. The second kappa shape index (κ2) is 5.95. The predicted molar refractivity (Wildman–Crippen MR) is 76.7 cm³/mol. The number of hydrogen-bond donors (Lipinski definition) is 0. The zero-order valence-electron chi connectivity index (χ0n) is 10.1. The monoisotopic (exact) mass is 295 g/mol. The highest BCUT2D eigenvalue weighted by atomic mass is 35.5. The topological polar surface area (TPSA) is 29.5 Å². The summed E-state index contributed by atoms with van der Waals surface area (Å²) in [4.78, 5) is 17.2. The third-order valence-corrected chi connectivity index (χ3v) is 2.89. The van der Waals surface area contributed by atoms with Crippen LogP contribution in [0.5, 0.6) is 5.75 Å². The molecule has 19 heavy (non-hydrogen) atoms. The first-order valence-corrected chi connectivity index (χ1v) is 6.32. The van der Waals surface area contributed by atoms with Crippen molar-refractivity contribution in [3.05, 3.63) is 58.6 Å². The van der Waals surface area contributed by atoms with E-state index in [-0.39, 0.29) is 5.91 Å². The van der Waals surface area contributed by atoms with Crippen LogP contribution in [-0.4, -0.2) is 5.91 Å². The number of benzene rings is 2. The zero-order chi connectivity index (χ0) is 13.8. The number of amides is 1. The van der Waals surface area contributed by atoms with Crippen molar-refractivity contribution in [2.45, 2.75) is 6.92 Å². The molecule has 0 radical (unpaired) electrons. The Balaban J connectivity index is 2.29. The second-order valence-electron chi connectivity index (χ2n) is 3.81. The molecule has 0 bridgehead atoms. The Labute approximate surface area is 121 Å². The van der Waals surface area contributed by atoms with Gasteiger partial charge >= 0.3 is 0 Å². The zero-order valence-corrected chi connectivity index (χ0v) is 11.7. The van der Waals surface area contributed by atoms with Crippen molar-refractivity contribution in [2.24, 2.45) is 0 Å². The maximum Gasteiger partial charge on any atom is 0.256 e. The van der Waals surface area contributed by atoms with Crippen LogP contribution >= 0.6 is 23.2 Å². The highest BCUT2D eigenvalue weighted by Gasteiger charge is 2.15. The molecule has 0 saturated carbocycles. The number of para-hydroxylation sites is 1. The average Bonchev–Trinajstić information content (AvgIpc) is 2.38. The van der Waals surface area contributed by atoms with Gasteiger partial charge in [0.2, 0.25) is 0 Å². The van der Waals surface area contributed by atoms with Gasteiger partial charge < -0.3 is 4.84 Å². The Morgan fingerprint density at radius 3 is 2.37 bits per heavy atom. The normalized spacial score (nSPS) is 10.1. The summed E-state index contributed by atoms with van der Waals surface area (Å²) in [6.07, 6.45) is 0. The summed E-state index contributed by atoms with van der Waals surface area (Å²) in [5.74, 6) is 0.113. The molecule has 0 heterocycles. The molecular weight excluding hydrogens is 285 g/mol. The van der Waals surface area contributed by atoms with E-state index in [1.54, 1.807) is 30.3 Å². The summed E-state index contributed by atoms with van der Waals surface area (Å²) in [5.41, 5.74) is 0.626. The van der Waals surface area contributed by atoms with E-state index in [9.17, 15) is 4.79 Å². The van der Waals surface area contributed by atoms with Gasteiger partial charge in [-0.25, -0.2) is 0 Å². The molecule has 2 aromatic rings. The van der Waals surface area contributed by atoms with E-state index in [4.69, 9.17) is 28.0 Å². The number of rotatable bonds is 3. The first-order valence-electron chi connectivity index (χ1n) is 5.56. The number of nitrogens with zero attached hydrogens (tertiary/aromatic N) is 1. The lowest BCUT2D eigenvalue weighted by Gasteiger charge is -2.21. The Bertz CT molecular complexity index is 587. The van der Waals surface area contributed by atoms with Gasteiger partial charge in [0, 0.05) is 11.9 Å². The van der Waals surface area contributed by atoms with Gasteiger partial charge in [0.15, 0.2) is 5.75 Å². The van der Waals surface area contributed by atoms with E-state index in [2.05, 4.69) is 0 Å². The highest BCUT2D eigenvalue weighted by molar-refractivity contribution is 6.35. The number of hydroxylamine groups is 1. The third kappa shape index (κ3) is 3.40. The van der Waals surface area contributed by atoms with Crippen molar-refractivity contribution in [2.75, 3.05) is 5.06 Å². The Morgan fingerprint density at radius 2 is 1.79 bits per heavy atom. The van der Waals surface area contributed by atoms with Gasteiger partial charge in [0.05, 0.1) is 10.7 Å². The van der Waals surface area contributed by atoms with Crippen LogP contribution in [-0.2, 0) is 4.79 Å². The van der Waals surface area contributed by atoms with Crippen molar-refractivity contribution >= 4 is 34.8 Å². The summed E-state index contributed by atoms with van der Waals surface area (Å²) in [7, 11) is 0. The van der Waals surface area contributed by atoms with Gasteiger partial charge in [-0.05, 0) is 30.3 Å². The van der Waals surface area contributed by atoms with Crippen molar-refractivity contribution in [3.8, 4) is 5.75 Å². The summed E-state index contributed by atoms with van der Waals surface area (Å²) in [6.45, 7) is 1.41. The fourth-order valence-electron chi connectivity index (χ4n) is 1.51. The third-order valence-electron chi connectivity index (χ3n) is 2.36. The molecule has 0 aliphatic heterocycles. The molecule has 0 atom stereocenters. The van der Waals surface area contributed by atoms with E-state index in [0.717, 1.165) is 0 Å². The van der Waals surface area contributed by atoms with Gasteiger partial charge in [-0.3, -0.25) is 4.79 Å². The smallest absolute Gasteiger partial charge is 0.256 e. The van der Waals surface area contributed by atoms with Crippen molar-refractivity contribution in [1.82, 2.24) is 0 Å².